The summed E-state index contributed by atoms with van der Waals surface area (Å²) in [4.78, 5) is 28.2. The van der Waals surface area contributed by atoms with Gasteiger partial charge in [-0.3, -0.25) is 9.63 Å². The molecule has 0 saturated heterocycles. The zero-order valence-corrected chi connectivity index (χ0v) is 12.8. The van der Waals surface area contributed by atoms with Crippen LogP contribution in [0.5, 0.6) is 5.75 Å². The van der Waals surface area contributed by atoms with E-state index in [1.165, 1.54) is 12.7 Å². The Labute approximate surface area is 134 Å². The number of anilines is 1. The highest BCUT2D eigenvalue weighted by Crippen LogP contribution is 2.20. The van der Waals surface area contributed by atoms with Gasteiger partial charge < -0.3 is 4.74 Å². The van der Waals surface area contributed by atoms with Crippen LogP contribution in [0, 0.1) is 0 Å². The predicted octanol–water partition coefficient (Wildman–Crippen LogP) is 2.54. The fourth-order valence-electron chi connectivity index (χ4n) is 2.02. The second-order valence-electron chi connectivity index (χ2n) is 4.67. The Morgan fingerprint density at radius 3 is 2.65 bits per heavy atom. The predicted molar refractivity (Wildman–Crippen MR) is 86.2 cm³/mol. The second kappa shape index (κ2) is 8.55. The molecule has 0 saturated carbocycles. The van der Waals surface area contributed by atoms with Crippen LogP contribution in [0.4, 0.5) is 10.5 Å². The van der Waals surface area contributed by atoms with Gasteiger partial charge in [0, 0.05) is 12.5 Å². The quantitative estimate of drug-likeness (QED) is 0.630. The normalized spacial score (nSPS) is 9.96. The third kappa shape index (κ3) is 4.82. The topological polar surface area (TPSA) is 67.9 Å². The number of rotatable bonds is 7. The van der Waals surface area contributed by atoms with Crippen molar-refractivity contribution in [1.29, 1.82) is 0 Å². The van der Waals surface area contributed by atoms with Gasteiger partial charge in [-0.2, -0.15) is 0 Å². The number of urea groups is 1. The van der Waals surface area contributed by atoms with Crippen molar-refractivity contribution in [3.8, 4) is 5.75 Å². The lowest BCUT2D eigenvalue weighted by atomic mass is 10.2. The summed E-state index contributed by atoms with van der Waals surface area (Å²) in [6.07, 6.45) is 1.18. The fourth-order valence-corrected chi connectivity index (χ4v) is 2.02. The molecule has 0 aliphatic heterocycles. The zero-order chi connectivity index (χ0) is 16.5. The Morgan fingerprint density at radius 2 is 1.96 bits per heavy atom. The average Bonchev–Trinajstić information content (AvgIpc) is 2.57. The van der Waals surface area contributed by atoms with E-state index in [1.807, 2.05) is 30.3 Å². The zero-order valence-electron chi connectivity index (χ0n) is 12.8. The van der Waals surface area contributed by atoms with Gasteiger partial charge in [0.15, 0.2) is 0 Å². The molecular weight excluding hydrogens is 296 g/mol. The third-order valence-corrected chi connectivity index (χ3v) is 3.11. The van der Waals surface area contributed by atoms with E-state index in [2.05, 4.69) is 10.3 Å². The van der Waals surface area contributed by atoms with Gasteiger partial charge in [0.2, 0.25) is 6.41 Å². The monoisotopic (exact) mass is 314 g/mol. The number of nitrogens with zero attached hydrogens (tertiary/aromatic N) is 1. The fraction of sp³-hybridized carbons (Fsp3) is 0.176. The summed E-state index contributed by atoms with van der Waals surface area (Å²) in [5.41, 5.74) is 3.67. The third-order valence-electron chi connectivity index (χ3n) is 3.11. The highest BCUT2D eigenvalue weighted by atomic mass is 16.6. The molecule has 0 aliphatic rings. The molecule has 0 aliphatic carbocycles. The van der Waals surface area contributed by atoms with Crippen LogP contribution in [0.25, 0.3) is 0 Å². The molecule has 6 heteroatoms. The lowest BCUT2D eigenvalue weighted by Crippen LogP contribution is -2.38. The highest BCUT2D eigenvalue weighted by Gasteiger charge is 2.15. The Kier molecular flexibility index (Phi) is 6.14. The Balaban J connectivity index is 1.98. The first-order valence-corrected chi connectivity index (χ1v) is 7.09. The molecule has 0 fully saturated rings. The molecule has 2 aromatic carbocycles. The van der Waals surface area contributed by atoms with Gasteiger partial charge in [-0.1, -0.05) is 36.4 Å². The summed E-state index contributed by atoms with van der Waals surface area (Å²) < 4.78 is 5.68. The first-order valence-electron chi connectivity index (χ1n) is 7.09. The van der Waals surface area contributed by atoms with Crippen molar-refractivity contribution in [1.82, 2.24) is 5.48 Å². The molecule has 0 atom stereocenters. The van der Waals surface area contributed by atoms with Crippen LogP contribution in [-0.2, 0) is 16.1 Å². The molecule has 0 bridgehead atoms. The Hall–Kier alpha value is -2.86. The van der Waals surface area contributed by atoms with Crippen LogP contribution in [-0.4, -0.2) is 26.2 Å². The molecule has 0 heterocycles. The maximum atomic E-state index is 11.7. The van der Waals surface area contributed by atoms with Crippen molar-refractivity contribution >= 4 is 18.1 Å². The largest absolute Gasteiger partial charge is 0.493 e. The minimum atomic E-state index is -0.677. The van der Waals surface area contributed by atoms with Gasteiger partial charge in [-0.25, -0.2) is 15.2 Å². The second-order valence-corrected chi connectivity index (χ2v) is 4.67. The number of amides is 3. The minimum Gasteiger partial charge on any atom is -0.493 e. The van der Waals surface area contributed by atoms with Crippen LogP contribution >= 0.6 is 0 Å². The van der Waals surface area contributed by atoms with E-state index in [9.17, 15) is 9.59 Å². The van der Waals surface area contributed by atoms with Crippen LogP contribution in [0.15, 0.2) is 54.6 Å². The number of hydroxylamine groups is 1. The summed E-state index contributed by atoms with van der Waals surface area (Å²) in [5.74, 6) is 0.579. The molecule has 1 N–H and O–H groups in total. The van der Waals surface area contributed by atoms with Crippen LogP contribution in [0.3, 0.4) is 0 Å². The standard InChI is InChI=1S/C17H18N2O4/c1-22-18-17(21)19(13-20)15-8-5-9-16(12-15)23-11-10-14-6-3-2-4-7-14/h2-9,12-13H,10-11H2,1H3,(H,18,21). The number of hydrogen-bond donors (Lipinski definition) is 1. The Bertz CT molecular complexity index is 646. The van der Waals surface area contributed by atoms with Crippen molar-refractivity contribution < 1.29 is 19.2 Å². The summed E-state index contributed by atoms with van der Waals surface area (Å²) >= 11 is 0. The summed E-state index contributed by atoms with van der Waals surface area (Å²) in [7, 11) is 1.30. The molecule has 6 nitrogen and oxygen atoms in total. The van der Waals surface area contributed by atoms with E-state index >= 15 is 0 Å². The number of imide groups is 1. The first kappa shape index (κ1) is 16.5. The molecule has 2 rings (SSSR count). The molecule has 120 valence electrons. The minimum absolute atomic E-state index is 0.395. The van der Waals surface area contributed by atoms with Gasteiger partial charge in [-0.15, -0.1) is 0 Å². The van der Waals surface area contributed by atoms with Gasteiger partial charge >= 0.3 is 6.03 Å². The van der Waals surface area contributed by atoms with Crippen molar-refractivity contribution in [2.24, 2.45) is 0 Å². The van der Waals surface area contributed by atoms with Crippen LogP contribution < -0.4 is 15.1 Å². The summed E-state index contributed by atoms with van der Waals surface area (Å²) in [5, 5.41) is 0. The number of hydrogen-bond acceptors (Lipinski definition) is 4. The van der Waals surface area contributed by atoms with Crippen LogP contribution in [0.2, 0.25) is 0 Å². The van der Waals surface area contributed by atoms with Gasteiger partial charge in [0.25, 0.3) is 0 Å². The van der Waals surface area contributed by atoms with Crippen molar-refractivity contribution in [3.05, 3.63) is 60.2 Å². The van der Waals surface area contributed by atoms with Crippen molar-refractivity contribution in [2.45, 2.75) is 6.42 Å². The molecule has 0 spiro atoms. The molecule has 0 unspecified atom stereocenters. The lowest BCUT2D eigenvalue weighted by Gasteiger charge is -2.16. The van der Waals surface area contributed by atoms with Gasteiger partial charge in [0.1, 0.15) is 5.75 Å². The molecule has 23 heavy (non-hydrogen) atoms. The van der Waals surface area contributed by atoms with E-state index in [1.54, 1.807) is 24.3 Å². The van der Waals surface area contributed by atoms with Crippen molar-refractivity contribution in [2.75, 3.05) is 18.6 Å². The number of carbonyl (C=O) groups is 2. The van der Waals surface area contributed by atoms with Crippen LogP contribution in [0.1, 0.15) is 5.56 Å². The molecule has 2 aromatic rings. The number of benzene rings is 2. The smallest absolute Gasteiger partial charge is 0.352 e. The number of carbonyl (C=O) groups excluding carboxylic acids is 2. The maximum absolute atomic E-state index is 11.7. The SMILES string of the molecule is CONC(=O)N(C=O)c1cccc(OCCc2ccccc2)c1. The lowest BCUT2D eigenvalue weighted by molar-refractivity contribution is -0.107. The average molecular weight is 314 g/mol. The molecule has 0 radical (unpaired) electrons. The maximum Gasteiger partial charge on any atom is 0.352 e. The van der Waals surface area contributed by atoms with Gasteiger partial charge in [0.05, 0.1) is 19.4 Å². The summed E-state index contributed by atoms with van der Waals surface area (Å²) in [6.45, 7) is 0.499. The first-order chi connectivity index (χ1) is 11.2. The molecular formula is C17H18N2O4. The van der Waals surface area contributed by atoms with E-state index in [-0.39, 0.29) is 0 Å². The van der Waals surface area contributed by atoms with E-state index < -0.39 is 6.03 Å². The number of nitrogens with one attached hydrogen (secondary N) is 1. The summed E-state index contributed by atoms with van der Waals surface area (Å²) in [6, 6.07) is 16.0. The van der Waals surface area contributed by atoms with Crippen molar-refractivity contribution in [3.63, 3.8) is 0 Å². The van der Waals surface area contributed by atoms with E-state index in [0.29, 0.717) is 24.5 Å². The van der Waals surface area contributed by atoms with E-state index in [4.69, 9.17) is 4.74 Å². The van der Waals surface area contributed by atoms with Gasteiger partial charge in [-0.05, 0) is 17.7 Å². The Morgan fingerprint density at radius 1 is 1.17 bits per heavy atom. The molecule has 0 aromatic heterocycles. The number of ether oxygens (including phenoxy) is 1. The molecule has 3 amide bonds. The highest BCUT2D eigenvalue weighted by molar-refractivity contribution is 6.05. The van der Waals surface area contributed by atoms with E-state index in [0.717, 1.165) is 11.3 Å².